The standard InChI is InChI=1S/C26H23NO3/c1-17(28)27-25(26(29)30-2)15-18-11-13-19(14-12-18)24-16-20-7-3-4-8-21(20)22-9-5-6-10-23(22)24/h3-14,16,25H,15H2,1-2H3,(H,27,28). The van der Waals surface area contributed by atoms with Crippen molar-refractivity contribution in [3.05, 3.63) is 84.4 Å². The summed E-state index contributed by atoms with van der Waals surface area (Å²) >= 11 is 0. The van der Waals surface area contributed by atoms with E-state index < -0.39 is 12.0 Å². The molecule has 4 rings (SSSR count). The maximum absolute atomic E-state index is 12.0. The molecule has 0 aromatic heterocycles. The molecule has 150 valence electrons. The van der Waals surface area contributed by atoms with Gasteiger partial charge in [0, 0.05) is 13.3 Å². The van der Waals surface area contributed by atoms with Crippen LogP contribution in [0.2, 0.25) is 0 Å². The fraction of sp³-hybridized carbons (Fsp3) is 0.154. The molecule has 0 heterocycles. The van der Waals surface area contributed by atoms with Crippen LogP contribution in [0.4, 0.5) is 0 Å². The molecule has 4 nitrogen and oxygen atoms in total. The lowest BCUT2D eigenvalue weighted by molar-refractivity contribution is -0.144. The van der Waals surface area contributed by atoms with Crippen LogP contribution >= 0.6 is 0 Å². The number of ether oxygens (including phenoxy) is 1. The van der Waals surface area contributed by atoms with Crippen molar-refractivity contribution in [1.82, 2.24) is 5.32 Å². The second kappa shape index (κ2) is 8.37. The summed E-state index contributed by atoms with van der Waals surface area (Å²) in [5.74, 6) is -0.709. The van der Waals surface area contributed by atoms with Gasteiger partial charge in [0.1, 0.15) is 6.04 Å². The molecule has 0 bridgehead atoms. The summed E-state index contributed by atoms with van der Waals surface area (Å²) in [6, 6.07) is 26.5. The molecule has 4 heteroatoms. The summed E-state index contributed by atoms with van der Waals surface area (Å²) in [7, 11) is 1.32. The van der Waals surface area contributed by atoms with Crippen LogP contribution < -0.4 is 5.32 Å². The first-order chi connectivity index (χ1) is 14.6. The summed E-state index contributed by atoms with van der Waals surface area (Å²) in [5.41, 5.74) is 3.23. The Balaban J connectivity index is 1.71. The molecule has 0 radical (unpaired) electrons. The lowest BCUT2D eigenvalue weighted by Crippen LogP contribution is -2.41. The number of rotatable bonds is 5. The quantitative estimate of drug-likeness (QED) is 0.386. The number of fused-ring (bicyclic) bond motifs is 3. The smallest absolute Gasteiger partial charge is 0.328 e. The van der Waals surface area contributed by atoms with Gasteiger partial charge in [0.05, 0.1) is 7.11 Å². The summed E-state index contributed by atoms with van der Waals surface area (Å²) in [4.78, 5) is 23.4. The minimum Gasteiger partial charge on any atom is -0.467 e. The number of carbonyl (C=O) groups excluding carboxylic acids is 2. The van der Waals surface area contributed by atoms with E-state index in [1.54, 1.807) is 0 Å². The third-order valence-corrected chi connectivity index (χ3v) is 5.34. The fourth-order valence-electron chi connectivity index (χ4n) is 3.93. The summed E-state index contributed by atoms with van der Waals surface area (Å²) < 4.78 is 4.81. The van der Waals surface area contributed by atoms with Gasteiger partial charge in [-0.05, 0) is 44.3 Å². The van der Waals surface area contributed by atoms with Crippen LogP contribution in [0.5, 0.6) is 0 Å². The highest BCUT2D eigenvalue weighted by Gasteiger charge is 2.20. The maximum atomic E-state index is 12.0. The second-order valence-corrected chi connectivity index (χ2v) is 7.37. The Labute approximate surface area is 175 Å². The topological polar surface area (TPSA) is 55.4 Å². The zero-order valence-corrected chi connectivity index (χ0v) is 17.0. The average molecular weight is 397 g/mol. The molecule has 1 unspecified atom stereocenters. The van der Waals surface area contributed by atoms with E-state index >= 15 is 0 Å². The Bertz CT molecular complexity index is 1230. The van der Waals surface area contributed by atoms with Crippen LogP contribution in [0.1, 0.15) is 12.5 Å². The number of hydrogen-bond donors (Lipinski definition) is 1. The van der Waals surface area contributed by atoms with Crippen molar-refractivity contribution < 1.29 is 14.3 Å². The molecule has 0 aliphatic carbocycles. The Morgan fingerprint density at radius 2 is 1.50 bits per heavy atom. The molecule has 0 spiro atoms. The molecule has 1 amide bonds. The number of esters is 1. The van der Waals surface area contributed by atoms with Gasteiger partial charge < -0.3 is 10.1 Å². The van der Waals surface area contributed by atoms with Crippen LogP contribution in [0, 0.1) is 0 Å². The molecule has 4 aromatic carbocycles. The molecule has 0 aliphatic heterocycles. The van der Waals surface area contributed by atoms with Crippen molar-refractivity contribution in [3.63, 3.8) is 0 Å². The van der Waals surface area contributed by atoms with E-state index in [4.69, 9.17) is 4.74 Å². The van der Waals surface area contributed by atoms with Gasteiger partial charge in [0.2, 0.25) is 5.91 Å². The van der Waals surface area contributed by atoms with Gasteiger partial charge in [-0.3, -0.25) is 4.79 Å². The first-order valence-electron chi connectivity index (χ1n) is 9.91. The third-order valence-electron chi connectivity index (χ3n) is 5.34. The zero-order chi connectivity index (χ0) is 21.1. The first-order valence-corrected chi connectivity index (χ1v) is 9.91. The van der Waals surface area contributed by atoms with Gasteiger partial charge in [-0.25, -0.2) is 4.79 Å². The molecule has 4 aromatic rings. The van der Waals surface area contributed by atoms with Crippen LogP contribution in [0.3, 0.4) is 0 Å². The van der Waals surface area contributed by atoms with Crippen LogP contribution in [-0.2, 0) is 20.7 Å². The predicted octanol–water partition coefficient (Wildman–Crippen LogP) is 4.88. The average Bonchev–Trinajstić information content (AvgIpc) is 2.78. The van der Waals surface area contributed by atoms with Gasteiger partial charge in [-0.1, -0.05) is 72.8 Å². The van der Waals surface area contributed by atoms with E-state index in [9.17, 15) is 9.59 Å². The van der Waals surface area contributed by atoms with Crippen molar-refractivity contribution in [1.29, 1.82) is 0 Å². The SMILES string of the molecule is COC(=O)C(Cc1ccc(-c2cc3ccccc3c3ccccc23)cc1)NC(C)=O. The summed E-state index contributed by atoms with van der Waals surface area (Å²) in [5, 5.41) is 7.53. The van der Waals surface area contributed by atoms with Crippen LogP contribution in [0.25, 0.3) is 32.7 Å². The van der Waals surface area contributed by atoms with E-state index in [0.717, 1.165) is 11.1 Å². The Kier molecular flexibility index (Phi) is 5.48. The van der Waals surface area contributed by atoms with Gasteiger partial charge in [0.15, 0.2) is 0 Å². The Hall–Kier alpha value is -3.66. The highest BCUT2D eigenvalue weighted by Crippen LogP contribution is 2.34. The zero-order valence-electron chi connectivity index (χ0n) is 17.0. The molecule has 0 fully saturated rings. The highest BCUT2D eigenvalue weighted by atomic mass is 16.5. The number of amides is 1. The van der Waals surface area contributed by atoms with Crippen molar-refractivity contribution in [2.75, 3.05) is 7.11 Å². The second-order valence-electron chi connectivity index (χ2n) is 7.37. The van der Waals surface area contributed by atoms with E-state index in [2.05, 4.69) is 72.0 Å². The highest BCUT2D eigenvalue weighted by molar-refractivity contribution is 6.13. The predicted molar refractivity (Wildman–Crippen MR) is 120 cm³/mol. The van der Waals surface area contributed by atoms with E-state index in [1.165, 1.54) is 41.1 Å². The minimum absolute atomic E-state index is 0.260. The van der Waals surface area contributed by atoms with E-state index in [0.29, 0.717) is 6.42 Å². The Morgan fingerprint density at radius 1 is 0.867 bits per heavy atom. The molecule has 30 heavy (non-hydrogen) atoms. The molecule has 1 N–H and O–H groups in total. The number of nitrogens with one attached hydrogen (secondary N) is 1. The number of benzene rings is 4. The lowest BCUT2D eigenvalue weighted by atomic mass is 9.92. The monoisotopic (exact) mass is 397 g/mol. The largest absolute Gasteiger partial charge is 0.467 e. The summed E-state index contributed by atoms with van der Waals surface area (Å²) in [6.45, 7) is 1.39. The van der Waals surface area contributed by atoms with Crippen molar-refractivity contribution in [3.8, 4) is 11.1 Å². The van der Waals surface area contributed by atoms with Crippen LogP contribution in [-0.4, -0.2) is 25.0 Å². The normalized spacial score (nSPS) is 11.9. The molecular weight excluding hydrogens is 374 g/mol. The first kappa shape index (κ1) is 19.6. The van der Waals surface area contributed by atoms with Crippen molar-refractivity contribution in [2.24, 2.45) is 0 Å². The van der Waals surface area contributed by atoms with Crippen LogP contribution in [0.15, 0.2) is 78.9 Å². The third kappa shape index (κ3) is 3.90. The molecular formula is C26H23NO3. The maximum Gasteiger partial charge on any atom is 0.328 e. The number of methoxy groups -OCH3 is 1. The Morgan fingerprint density at radius 3 is 2.17 bits per heavy atom. The number of carbonyl (C=O) groups is 2. The molecule has 0 aliphatic rings. The molecule has 1 atom stereocenters. The van der Waals surface area contributed by atoms with Gasteiger partial charge >= 0.3 is 5.97 Å². The minimum atomic E-state index is -0.695. The van der Waals surface area contributed by atoms with Crippen molar-refractivity contribution in [2.45, 2.75) is 19.4 Å². The van der Waals surface area contributed by atoms with Gasteiger partial charge in [-0.2, -0.15) is 0 Å². The molecule has 0 saturated carbocycles. The fourth-order valence-corrected chi connectivity index (χ4v) is 3.93. The lowest BCUT2D eigenvalue weighted by Gasteiger charge is -2.16. The van der Waals surface area contributed by atoms with Gasteiger partial charge in [-0.15, -0.1) is 0 Å². The molecule has 0 saturated heterocycles. The van der Waals surface area contributed by atoms with E-state index in [-0.39, 0.29) is 5.91 Å². The van der Waals surface area contributed by atoms with Gasteiger partial charge in [0.25, 0.3) is 0 Å². The summed E-state index contributed by atoms with van der Waals surface area (Å²) in [6.07, 6.45) is 0.380. The van der Waals surface area contributed by atoms with E-state index in [1.807, 2.05) is 12.1 Å². The van der Waals surface area contributed by atoms with Crippen molar-refractivity contribution >= 4 is 33.4 Å². The number of hydrogen-bond acceptors (Lipinski definition) is 3.